The number of hydrogen-bond acceptors (Lipinski definition) is 6. The number of fused-ring (bicyclic) bond motifs is 1. The van der Waals surface area contributed by atoms with E-state index in [1.165, 1.54) is 40.0 Å². The highest BCUT2D eigenvalue weighted by molar-refractivity contribution is 6.00. The van der Waals surface area contributed by atoms with Gasteiger partial charge in [-0.05, 0) is 25.1 Å². The molecule has 2 aromatic heterocycles. The Kier molecular flexibility index (Phi) is 5.03. The summed E-state index contributed by atoms with van der Waals surface area (Å²) in [6, 6.07) is 2.47. The summed E-state index contributed by atoms with van der Waals surface area (Å²) in [7, 11) is 0. The van der Waals surface area contributed by atoms with E-state index in [0.717, 1.165) is 0 Å². The van der Waals surface area contributed by atoms with E-state index in [0.29, 0.717) is 17.7 Å². The van der Waals surface area contributed by atoms with Crippen LogP contribution in [0.5, 0.6) is 11.5 Å². The SMILES string of the molecule is C[C@@H]1CCOc2ccc(F)cc2CN2c3nc4c(cnn4cc3OCC2C(F)F)C(=O)N1. The van der Waals surface area contributed by atoms with Crippen molar-refractivity contribution in [3.63, 3.8) is 0 Å². The van der Waals surface area contributed by atoms with Crippen LogP contribution in [0.3, 0.4) is 0 Å². The minimum absolute atomic E-state index is 0.0765. The van der Waals surface area contributed by atoms with Gasteiger partial charge in [0.2, 0.25) is 0 Å². The first-order chi connectivity index (χ1) is 15.4. The molecule has 0 saturated heterocycles. The number of rotatable bonds is 1. The van der Waals surface area contributed by atoms with Crippen LogP contribution in [0.4, 0.5) is 19.0 Å². The van der Waals surface area contributed by atoms with Gasteiger partial charge < -0.3 is 19.7 Å². The van der Waals surface area contributed by atoms with Crippen molar-refractivity contribution in [1.82, 2.24) is 19.9 Å². The molecule has 168 valence electrons. The topological polar surface area (TPSA) is 81.0 Å². The number of nitrogens with one attached hydrogen (secondary N) is 1. The summed E-state index contributed by atoms with van der Waals surface area (Å²) in [6.07, 6.45) is 0.618. The zero-order valence-electron chi connectivity index (χ0n) is 17.1. The number of alkyl halides is 2. The van der Waals surface area contributed by atoms with Crippen molar-refractivity contribution in [3.8, 4) is 11.5 Å². The second-order valence-electron chi connectivity index (χ2n) is 7.86. The van der Waals surface area contributed by atoms with Gasteiger partial charge in [0.25, 0.3) is 12.3 Å². The highest BCUT2D eigenvalue weighted by atomic mass is 19.3. The summed E-state index contributed by atoms with van der Waals surface area (Å²) in [5.74, 6) is -0.132. The van der Waals surface area contributed by atoms with Crippen molar-refractivity contribution in [1.29, 1.82) is 0 Å². The lowest BCUT2D eigenvalue weighted by atomic mass is 10.1. The van der Waals surface area contributed by atoms with E-state index in [1.807, 2.05) is 6.92 Å². The van der Waals surface area contributed by atoms with Gasteiger partial charge in [-0.25, -0.2) is 22.7 Å². The molecule has 1 N–H and O–H groups in total. The van der Waals surface area contributed by atoms with Crippen LogP contribution in [0.2, 0.25) is 0 Å². The molecule has 2 bridgehead atoms. The number of nitrogens with zero attached hydrogens (tertiary/aromatic N) is 4. The summed E-state index contributed by atoms with van der Waals surface area (Å²) in [6.45, 7) is 1.73. The third-order valence-corrected chi connectivity index (χ3v) is 5.61. The molecule has 2 aliphatic rings. The van der Waals surface area contributed by atoms with Crippen molar-refractivity contribution < 1.29 is 27.4 Å². The van der Waals surface area contributed by atoms with E-state index < -0.39 is 18.3 Å². The molecule has 1 unspecified atom stereocenters. The van der Waals surface area contributed by atoms with Crippen LogP contribution in [0, 0.1) is 5.82 Å². The fourth-order valence-electron chi connectivity index (χ4n) is 3.89. The standard InChI is InChI=1S/C21H20F3N5O3/c1-11-4-5-31-16-3-2-13(22)6-12(16)8-28-15(18(23)24)10-32-17-9-29-19(27-20(17)28)14(7-25-29)21(30)26-11/h2-3,6-7,9,11,15,18H,4-5,8,10H2,1H3,(H,26,30)/t11-,15?/m1/s1. The maximum Gasteiger partial charge on any atom is 0.261 e. The largest absolute Gasteiger partial charge is 0.493 e. The first kappa shape index (κ1) is 20.4. The van der Waals surface area contributed by atoms with Gasteiger partial charge in [-0.1, -0.05) is 0 Å². The second-order valence-corrected chi connectivity index (χ2v) is 7.86. The van der Waals surface area contributed by atoms with Gasteiger partial charge in [-0.2, -0.15) is 5.10 Å². The van der Waals surface area contributed by atoms with Crippen LogP contribution >= 0.6 is 0 Å². The summed E-state index contributed by atoms with van der Waals surface area (Å²) >= 11 is 0. The molecule has 8 nitrogen and oxygen atoms in total. The molecule has 1 aromatic carbocycles. The van der Waals surface area contributed by atoms with Crippen LogP contribution in [0.1, 0.15) is 29.3 Å². The molecule has 0 fully saturated rings. The Bertz CT molecular complexity index is 1180. The van der Waals surface area contributed by atoms with Gasteiger partial charge in [0.15, 0.2) is 17.2 Å². The van der Waals surface area contributed by atoms with Crippen LogP contribution in [0.15, 0.2) is 30.6 Å². The monoisotopic (exact) mass is 447 g/mol. The molecule has 0 radical (unpaired) electrons. The molecule has 0 spiro atoms. The Hall–Kier alpha value is -3.50. The molecular weight excluding hydrogens is 427 g/mol. The maximum atomic E-state index is 14.1. The highest BCUT2D eigenvalue weighted by Gasteiger charge is 2.37. The number of ether oxygens (including phenoxy) is 2. The molecule has 0 saturated carbocycles. The van der Waals surface area contributed by atoms with E-state index in [2.05, 4.69) is 15.4 Å². The van der Waals surface area contributed by atoms with E-state index in [1.54, 1.807) is 0 Å². The highest BCUT2D eigenvalue weighted by Crippen LogP contribution is 2.37. The van der Waals surface area contributed by atoms with E-state index in [4.69, 9.17) is 9.47 Å². The fourth-order valence-corrected chi connectivity index (χ4v) is 3.89. The van der Waals surface area contributed by atoms with Crippen molar-refractivity contribution in [3.05, 3.63) is 47.5 Å². The molecule has 3 aromatic rings. The van der Waals surface area contributed by atoms with Crippen molar-refractivity contribution in [2.75, 3.05) is 18.1 Å². The van der Waals surface area contributed by atoms with Crippen LogP contribution in [0.25, 0.3) is 5.65 Å². The molecule has 32 heavy (non-hydrogen) atoms. The smallest absolute Gasteiger partial charge is 0.261 e. The average molecular weight is 447 g/mol. The summed E-state index contributed by atoms with van der Waals surface area (Å²) in [5, 5.41) is 7.02. The second kappa shape index (κ2) is 7.88. The molecule has 4 heterocycles. The van der Waals surface area contributed by atoms with Gasteiger partial charge in [0.1, 0.15) is 29.8 Å². The van der Waals surface area contributed by atoms with Crippen LogP contribution in [-0.4, -0.2) is 52.2 Å². The molecule has 1 amide bonds. The van der Waals surface area contributed by atoms with E-state index >= 15 is 0 Å². The lowest BCUT2D eigenvalue weighted by molar-refractivity contribution is 0.0765. The number of carbonyl (C=O) groups is 1. The third-order valence-electron chi connectivity index (χ3n) is 5.61. The predicted octanol–water partition coefficient (Wildman–Crippen LogP) is 2.80. The zero-order chi connectivity index (χ0) is 22.4. The Labute approximate surface area is 180 Å². The van der Waals surface area contributed by atoms with Gasteiger partial charge in [-0.15, -0.1) is 0 Å². The minimum atomic E-state index is -2.74. The number of hydrogen-bond donors (Lipinski definition) is 1. The van der Waals surface area contributed by atoms with Crippen LogP contribution in [-0.2, 0) is 6.54 Å². The van der Waals surface area contributed by atoms with Gasteiger partial charge in [-0.3, -0.25) is 4.79 Å². The lowest BCUT2D eigenvalue weighted by Crippen LogP contribution is -2.47. The number of halogens is 3. The van der Waals surface area contributed by atoms with Crippen LogP contribution < -0.4 is 19.7 Å². The fraction of sp³-hybridized carbons (Fsp3) is 0.381. The number of carbonyl (C=O) groups excluding carboxylic acids is 1. The van der Waals surface area contributed by atoms with Crippen molar-refractivity contribution in [2.24, 2.45) is 0 Å². The molecule has 0 aliphatic carbocycles. The maximum absolute atomic E-state index is 14.1. The quantitative estimate of drug-likeness (QED) is 0.618. The number of anilines is 1. The molecule has 2 aliphatic heterocycles. The Morgan fingerprint density at radius 1 is 1.25 bits per heavy atom. The molecule has 11 heteroatoms. The van der Waals surface area contributed by atoms with E-state index in [9.17, 15) is 18.0 Å². The molecule has 2 atom stereocenters. The van der Waals surface area contributed by atoms with Crippen molar-refractivity contribution >= 4 is 17.4 Å². The minimum Gasteiger partial charge on any atom is -0.493 e. The lowest BCUT2D eigenvalue weighted by Gasteiger charge is -2.37. The number of aromatic nitrogens is 3. The number of amides is 1. The van der Waals surface area contributed by atoms with Gasteiger partial charge in [0, 0.05) is 24.6 Å². The third kappa shape index (κ3) is 3.57. The van der Waals surface area contributed by atoms with Gasteiger partial charge >= 0.3 is 0 Å². The zero-order valence-corrected chi connectivity index (χ0v) is 17.1. The first-order valence-corrected chi connectivity index (χ1v) is 10.2. The summed E-state index contributed by atoms with van der Waals surface area (Å²) < 4.78 is 54.7. The Balaban J connectivity index is 1.69. The summed E-state index contributed by atoms with van der Waals surface area (Å²) in [5.41, 5.74) is 0.834. The Morgan fingerprint density at radius 2 is 2.09 bits per heavy atom. The number of benzene rings is 1. The predicted molar refractivity (Wildman–Crippen MR) is 108 cm³/mol. The van der Waals surface area contributed by atoms with Gasteiger partial charge in [0.05, 0.1) is 19.0 Å². The normalized spacial score (nSPS) is 21.0. The average Bonchev–Trinajstić information content (AvgIpc) is 3.16. The Morgan fingerprint density at radius 3 is 2.91 bits per heavy atom. The van der Waals surface area contributed by atoms with E-state index in [-0.39, 0.29) is 54.5 Å². The van der Waals surface area contributed by atoms with Crippen molar-refractivity contribution in [2.45, 2.75) is 38.4 Å². The molecular formula is C21H20F3N5O3. The first-order valence-electron chi connectivity index (χ1n) is 10.2. The summed E-state index contributed by atoms with van der Waals surface area (Å²) in [4.78, 5) is 18.6. The molecule has 5 rings (SSSR count).